The summed E-state index contributed by atoms with van der Waals surface area (Å²) in [5.74, 6) is 0. The van der Waals surface area contributed by atoms with E-state index in [-0.39, 0.29) is 0 Å². The lowest BCUT2D eigenvalue weighted by Crippen LogP contribution is -2.44. The van der Waals surface area contributed by atoms with Crippen molar-refractivity contribution in [3.05, 3.63) is 54.7 Å². The number of rotatable bonds is 4. The fourth-order valence-corrected chi connectivity index (χ4v) is 5.15. The highest BCUT2D eigenvalue weighted by molar-refractivity contribution is 7.89. The molecule has 1 fully saturated rings. The smallest absolute Gasteiger partial charge is 0.243 e. The standard InChI is InChI=1S/C20H24N4O2S/c1-22(2)17-11-13-23(14-12-17)27(25,26)19-9-7-18(8-10-19)24-20-6-4-3-5-16(20)15-21-24/h3-10,15,17H,11-14H2,1-2H3. The summed E-state index contributed by atoms with van der Waals surface area (Å²) in [4.78, 5) is 2.51. The van der Waals surface area contributed by atoms with E-state index in [1.807, 2.05) is 61.4 Å². The summed E-state index contributed by atoms with van der Waals surface area (Å²) in [5, 5.41) is 5.48. The second kappa shape index (κ2) is 7.07. The van der Waals surface area contributed by atoms with E-state index in [0.29, 0.717) is 24.0 Å². The average Bonchev–Trinajstić information content (AvgIpc) is 3.12. The van der Waals surface area contributed by atoms with Gasteiger partial charge in [-0.05, 0) is 57.3 Å². The molecule has 1 aliphatic rings. The van der Waals surface area contributed by atoms with Crippen molar-refractivity contribution < 1.29 is 8.42 Å². The number of piperidine rings is 1. The van der Waals surface area contributed by atoms with Crippen LogP contribution >= 0.6 is 0 Å². The number of para-hydroxylation sites is 1. The molecule has 0 radical (unpaired) electrons. The Morgan fingerprint density at radius 3 is 2.33 bits per heavy atom. The number of aromatic nitrogens is 2. The molecule has 2 aromatic carbocycles. The third-order valence-corrected chi connectivity index (χ3v) is 7.26. The van der Waals surface area contributed by atoms with E-state index in [2.05, 4.69) is 10.00 Å². The molecule has 7 heteroatoms. The molecule has 0 atom stereocenters. The lowest BCUT2D eigenvalue weighted by molar-refractivity contribution is 0.196. The first-order valence-corrected chi connectivity index (χ1v) is 10.6. The highest BCUT2D eigenvalue weighted by atomic mass is 32.2. The summed E-state index contributed by atoms with van der Waals surface area (Å²) in [6.45, 7) is 1.13. The second-order valence-electron chi connectivity index (χ2n) is 7.21. The maximum Gasteiger partial charge on any atom is 0.243 e. The third kappa shape index (κ3) is 3.38. The number of benzene rings is 2. The zero-order valence-electron chi connectivity index (χ0n) is 15.6. The van der Waals surface area contributed by atoms with Gasteiger partial charge in [0.1, 0.15) is 0 Å². The first-order chi connectivity index (χ1) is 13.0. The molecule has 4 rings (SSSR count). The molecule has 27 heavy (non-hydrogen) atoms. The van der Waals surface area contributed by atoms with Crippen LogP contribution in [0.3, 0.4) is 0 Å². The molecular weight excluding hydrogens is 360 g/mol. The van der Waals surface area contributed by atoms with Gasteiger partial charge in [-0.1, -0.05) is 18.2 Å². The minimum absolute atomic E-state index is 0.339. The highest BCUT2D eigenvalue weighted by Crippen LogP contribution is 2.24. The van der Waals surface area contributed by atoms with Crippen LogP contribution in [0.25, 0.3) is 16.6 Å². The fraction of sp³-hybridized carbons (Fsp3) is 0.350. The van der Waals surface area contributed by atoms with Crippen LogP contribution in [0.4, 0.5) is 0 Å². The quantitative estimate of drug-likeness (QED) is 0.694. The summed E-state index contributed by atoms with van der Waals surface area (Å²) >= 11 is 0. The van der Waals surface area contributed by atoms with E-state index in [4.69, 9.17) is 0 Å². The Morgan fingerprint density at radius 1 is 1.00 bits per heavy atom. The molecule has 142 valence electrons. The monoisotopic (exact) mass is 384 g/mol. The third-order valence-electron chi connectivity index (χ3n) is 5.35. The molecule has 1 aromatic heterocycles. The lowest BCUT2D eigenvalue weighted by atomic mass is 10.1. The number of hydrogen-bond acceptors (Lipinski definition) is 4. The van der Waals surface area contributed by atoms with Gasteiger partial charge in [0.25, 0.3) is 0 Å². The normalized spacial score (nSPS) is 17.0. The molecule has 2 heterocycles. The average molecular weight is 385 g/mol. The zero-order valence-corrected chi connectivity index (χ0v) is 16.4. The van der Waals surface area contributed by atoms with Crippen LogP contribution in [0.15, 0.2) is 59.6 Å². The van der Waals surface area contributed by atoms with E-state index in [1.165, 1.54) is 0 Å². The van der Waals surface area contributed by atoms with E-state index in [1.54, 1.807) is 16.4 Å². The van der Waals surface area contributed by atoms with E-state index < -0.39 is 10.0 Å². The number of nitrogens with zero attached hydrogens (tertiary/aromatic N) is 4. The van der Waals surface area contributed by atoms with Crippen molar-refractivity contribution in [1.82, 2.24) is 19.0 Å². The summed E-state index contributed by atoms with van der Waals surface area (Å²) in [6.07, 6.45) is 3.54. The van der Waals surface area contributed by atoms with E-state index in [0.717, 1.165) is 29.4 Å². The lowest BCUT2D eigenvalue weighted by Gasteiger charge is -2.34. The molecule has 1 aliphatic heterocycles. The van der Waals surface area contributed by atoms with Gasteiger partial charge in [0.05, 0.1) is 22.3 Å². The van der Waals surface area contributed by atoms with Gasteiger partial charge < -0.3 is 4.90 Å². The van der Waals surface area contributed by atoms with Crippen LogP contribution in [0.5, 0.6) is 0 Å². The Bertz CT molecular complexity index is 1030. The van der Waals surface area contributed by atoms with Gasteiger partial charge in [0.2, 0.25) is 10.0 Å². The summed E-state index contributed by atoms with van der Waals surface area (Å²) < 4.78 is 29.4. The molecular formula is C20H24N4O2S. The van der Waals surface area contributed by atoms with Crippen molar-refractivity contribution in [2.45, 2.75) is 23.8 Å². The first-order valence-electron chi connectivity index (χ1n) is 9.16. The van der Waals surface area contributed by atoms with Crippen molar-refractivity contribution in [2.75, 3.05) is 27.2 Å². The molecule has 0 unspecified atom stereocenters. The maximum absolute atomic E-state index is 13.0. The van der Waals surface area contributed by atoms with Gasteiger partial charge in [-0.3, -0.25) is 0 Å². The Kier molecular flexibility index (Phi) is 4.75. The number of fused-ring (bicyclic) bond motifs is 1. The zero-order chi connectivity index (χ0) is 19.0. The molecule has 0 bridgehead atoms. The van der Waals surface area contributed by atoms with Crippen molar-refractivity contribution in [3.8, 4) is 5.69 Å². The minimum Gasteiger partial charge on any atom is -0.306 e. The fourth-order valence-electron chi connectivity index (χ4n) is 3.68. The van der Waals surface area contributed by atoms with Crippen molar-refractivity contribution >= 4 is 20.9 Å². The maximum atomic E-state index is 13.0. The van der Waals surface area contributed by atoms with Crippen molar-refractivity contribution in [1.29, 1.82) is 0 Å². The van der Waals surface area contributed by atoms with Gasteiger partial charge in [0.15, 0.2) is 0 Å². The second-order valence-corrected chi connectivity index (χ2v) is 9.15. The Balaban J connectivity index is 1.57. The number of sulfonamides is 1. The van der Waals surface area contributed by atoms with Crippen LogP contribution < -0.4 is 0 Å². The topological polar surface area (TPSA) is 58.4 Å². The van der Waals surface area contributed by atoms with Gasteiger partial charge in [0, 0.05) is 24.5 Å². The largest absolute Gasteiger partial charge is 0.306 e. The van der Waals surface area contributed by atoms with Gasteiger partial charge >= 0.3 is 0 Å². The van der Waals surface area contributed by atoms with Crippen LogP contribution in [0, 0.1) is 0 Å². The molecule has 0 amide bonds. The molecule has 6 nitrogen and oxygen atoms in total. The van der Waals surface area contributed by atoms with Gasteiger partial charge in [-0.15, -0.1) is 0 Å². The molecule has 0 N–H and O–H groups in total. The van der Waals surface area contributed by atoms with Crippen LogP contribution in [-0.4, -0.2) is 60.6 Å². The molecule has 0 aliphatic carbocycles. The predicted octanol–water partition coefficient (Wildman–Crippen LogP) is 2.74. The van der Waals surface area contributed by atoms with Crippen LogP contribution in [0.1, 0.15) is 12.8 Å². The SMILES string of the molecule is CN(C)C1CCN(S(=O)(=O)c2ccc(-n3ncc4ccccc43)cc2)CC1. The highest BCUT2D eigenvalue weighted by Gasteiger charge is 2.30. The Labute approximate surface area is 160 Å². The molecule has 3 aromatic rings. The molecule has 0 spiro atoms. The van der Waals surface area contributed by atoms with Gasteiger partial charge in [-0.25, -0.2) is 13.1 Å². The Hall–Kier alpha value is -2.22. The van der Waals surface area contributed by atoms with Crippen molar-refractivity contribution in [2.24, 2.45) is 0 Å². The molecule has 0 saturated carbocycles. The van der Waals surface area contributed by atoms with E-state index >= 15 is 0 Å². The minimum atomic E-state index is -3.45. The molecule has 1 saturated heterocycles. The first kappa shape index (κ1) is 18.2. The van der Waals surface area contributed by atoms with Crippen molar-refractivity contribution in [3.63, 3.8) is 0 Å². The summed E-state index contributed by atoms with van der Waals surface area (Å²) in [7, 11) is 0.642. The summed E-state index contributed by atoms with van der Waals surface area (Å²) in [6, 6.07) is 15.4. The van der Waals surface area contributed by atoms with Crippen LogP contribution in [-0.2, 0) is 10.0 Å². The van der Waals surface area contributed by atoms with E-state index in [9.17, 15) is 8.42 Å². The Morgan fingerprint density at radius 2 is 1.67 bits per heavy atom. The van der Waals surface area contributed by atoms with Gasteiger partial charge in [-0.2, -0.15) is 9.40 Å². The van der Waals surface area contributed by atoms with Crippen LogP contribution in [0.2, 0.25) is 0 Å². The predicted molar refractivity (Wildman–Crippen MR) is 107 cm³/mol. The number of hydrogen-bond donors (Lipinski definition) is 0. The summed E-state index contributed by atoms with van der Waals surface area (Å²) in [5.41, 5.74) is 1.85.